The summed E-state index contributed by atoms with van der Waals surface area (Å²) in [6.45, 7) is 2.16. The van der Waals surface area contributed by atoms with E-state index in [1.807, 2.05) is 18.3 Å². The van der Waals surface area contributed by atoms with Gasteiger partial charge in [-0.2, -0.15) is 0 Å². The van der Waals surface area contributed by atoms with Gasteiger partial charge in [0.1, 0.15) is 0 Å². The molecule has 3 rings (SSSR count). The Morgan fingerprint density at radius 3 is 2.71 bits per heavy atom. The summed E-state index contributed by atoms with van der Waals surface area (Å²) in [7, 11) is 0. The molecule has 3 N–H and O–H groups in total. The van der Waals surface area contributed by atoms with Crippen LogP contribution in [0.5, 0.6) is 0 Å². The summed E-state index contributed by atoms with van der Waals surface area (Å²) in [6, 6.07) is 18.8. The van der Waals surface area contributed by atoms with E-state index in [-0.39, 0.29) is 6.04 Å². The Labute approximate surface area is 124 Å². The minimum atomic E-state index is -0.0129. The second-order valence-electron chi connectivity index (χ2n) is 5.15. The van der Waals surface area contributed by atoms with Crippen molar-refractivity contribution in [3.63, 3.8) is 0 Å². The molecule has 3 aromatic rings. The van der Waals surface area contributed by atoms with Crippen molar-refractivity contribution in [1.82, 2.24) is 10.4 Å². The maximum Gasteiger partial charge on any atom is 0.0710 e. The summed E-state index contributed by atoms with van der Waals surface area (Å²) in [4.78, 5) is 4.36. The second kappa shape index (κ2) is 6.04. The van der Waals surface area contributed by atoms with Crippen LogP contribution in [0.4, 0.5) is 0 Å². The van der Waals surface area contributed by atoms with Crippen LogP contribution in [0.1, 0.15) is 29.7 Å². The molecule has 1 atom stereocenters. The van der Waals surface area contributed by atoms with E-state index < -0.39 is 0 Å². The predicted octanol–water partition coefficient (Wildman–Crippen LogP) is 3.35. The number of hydrogen-bond acceptors (Lipinski definition) is 3. The van der Waals surface area contributed by atoms with Gasteiger partial charge in [-0.25, -0.2) is 5.43 Å². The van der Waals surface area contributed by atoms with Crippen LogP contribution in [0.2, 0.25) is 0 Å². The van der Waals surface area contributed by atoms with E-state index in [4.69, 9.17) is 5.84 Å². The number of fused-ring (bicyclic) bond motifs is 1. The van der Waals surface area contributed by atoms with Crippen molar-refractivity contribution in [3.05, 3.63) is 77.5 Å². The third-order valence-electron chi connectivity index (χ3n) is 3.82. The molecular weight excluding hydrogens is 258 g/mol. The summed E-state index contributed by atoms with van der Waals surface area (Å²) in [5.74, 6) is 5.81. The number of aromatic nitrogens is 1. The maximum atomic E-state index is 5.81. The highest BCUT2D eigenvalue weighted by molar-refractivity contribution is 5.79. The molecule has 106 valence electrons. The van der Waals surface area contributed by atoms with Crippen LogP contribution in [0.25, 0.3) is 10.9 Å². The van der Waals surface area contributed by atoms with Gasteiger partial charge in [0.15, 0.2) is 0 Å². The molecule has 0 amide bonds. The highest BCUT2D eigenvalue weighted by atomic mass is 15.2. The summed E-state index contributed by atoms with van der Waals surface area (Å²) < 4.78 is 0. The number of pyridine rings is 1. The number of hydrazine groups is 1. The van der Waals surface area contributed by atoms with Gasteiger partial charge >= 0.3 is 0 Å². The van der Waals surface area contributed by atoms with E-state index in [1.54, 1.807) is 0 Å². The number of hydrogen-bond donors (Lipinski definition) is 2. The molecule has 0 radical (unpaired) electrons. The molecule has 2 aromatic carbocycles. The van der Waals surface area contributed by atoms with Crippen LogP contribution < -0.4 is 11.3 Å². The number of benzene rings is 2. The van der Waals surface area contributed by atoms with Gasteiger partial charge in [0, 0.05) is 11.6 Å². The summed E-state index contributed by atoms with van der Waals surface area (Å²) >= 11 is 0. The first kappa shape index (κ1) is 13.7. The lowest BCUT2D eigenvalue weighted by atomic mass is 9.96. The Hall–Kier alpha value is -2.23. The highest BCUT2D eigenvalue weighted by Crippen LogP contribution is 2.25. The molecule has 21 heavy (non-hydrogen) atoms. The van der Waals surface area contributed by atoms with E-state index >= 15 is 0 Å². The molecule has 1 heterocycles. The summed E-state index contributed by atoms with van der Waals surface area (Å²) in [5.41, 5.74) is 7.57. The normalized spacial score (nSPS) is 12.5. The molecule has 0 aliphatic heterocycles. The molecular formula is C18H19N3. The Morgan fingerprint density at radius 1 is 1.05 bits per heavy atom. The van der Waals surface area contributed by atoms with Gasteiger partial charge in [-0.1, -0.05) is 43.3 Å². The SMILES string of the molecule is CCc1cccc(C(NN)c2ccc3ncccc3c2)c1. The smallest absolute Gasteiger partial charge is 0.0710 e. The largest absolute Gasteiger partial charge is 0.271 e. The zero-order valence-electron chi connectivity index (χ0n) is 12.1. The van der Waals surface area contributed by atoms with Gasteiger partial charge in [-0.3, -0.25) is 10.8 Å². The average Bonchev–Trinajstić information content (AvgIpc) is 2.56. The molecule has 0 saturated carbocycles. The van der Waals surface area contributed by atoms with Gasteiger partial charge in [0.2, 0.25) is 0 Å². The monoisotopic (exact) mass is 277 g/mol. The van der Waals surface area contributed by atoms with E-state index in [0.29, 0.717) is 0 Å². The topological polar surface area (TPSA) is 50.9 Å². The number of nitrogens with zero attached hydrogens (tertiary/aromatic N) is 1. The van der Waals surface area contributed by atoms with Gasteiger partial charge in [-0.05, 0) is 41.3 Å². The van der Waals surface area contributed by atoms with E-state index in [2.05, 4.69) is 59.8 Å². The zero-order valence-corrected chi connectivity index (χ0v) is 12.1. The van der Waals surface area contributed by atoms with Gasteiger partial charge in [0.05, 0.1) is 11.6 Å². The van der Waals surface area contributed by atoms with Crippen molar-refractivity contribution in [1.29, 1.82) is 0 Å². The van der Waals surface area contributed by atoms with Gasteiger partial charge < -0.3 is 0 Å². The van der Waals surface area contributed by atoms with Gasteiger partial charge in [0.25, 0.3) is 0 Å². The zero-order chi connectivity index (χ0) is 14.7. The van der Waals surface area contributed by atoms with E-state index in [9.17, 15) is 0 Å². The quantitative estimate of drug-likeness (QED) is 0.568. The molecule has 0 fully saturated rings. The Balaban J connectivity index is 2.04. The first-order chi connectivity index (χ1) is 10.3. The summed E-state index contributed by atoms with van der Waals surface area (Å²) in [6.07, 6.45) is 2.83. The minimum absolute atomic E-state index is 0.0129. The molecule has 0 aliphatic rings. The van der Waals surface area contributed by atoms with Crippen molar-refractivity contribution in [2.24, 2.45) is 5.84 Å². The van der Waals surface area contributed by atoms with Gasteiger partial charge in [-0.15, -0.1) is 0 Å². The highest BCUT2D eigenvalue weighted by Gasteiger charge is 2.13. The van der Waals surface area contributed by atoms with Crippen LogP contribution in [-0.2, 0) is 6.42 Å². The maximum absolute atomic E-state index is 5.81. The Kier molecular flexibility index (Phi) is 3.95. The van der Waals surface area contributed by atoms with Crippen LogP contribution >= 0.6 is 0 Å². The summed E-state index contributed by atoms with van der Waals surface area (Å²) in [5, 5.41) is 1.13. The fourth-order valence-corrected chi connectivity index (χ4v) is 2.65. The van der Waals surface area contributed by atoms with E-state index in [0.717, 1.165) is 22.9 Å². The minimum Gasteiger partial charge on any atom is -0.271 e. The van der Waals surface area contributed by atoms with Crippen molar-refractivity contribution < 1.29 is 0 Å². The molecule has 1 aromatic heterocycles. The molecule has 1 unspecified atom stereocenters. The number of nitrogens with two attached hydrogens (primary N) is 1. The molecule has 0 aliphatic carbocycles. The Morgan fingerprint density at radius 2 is 1.90 bits per heavy atom. The average molecular weight is 277 g/mol. The van der Waals surface area contributed by atoms with Crippen LogP contribution in [-0.4, -0.2) is 4.98 Å². The number of nitrogens with one attached hydrogen (secondary N) is 1. The third kappa shape index (κ3) is 2.79. The van der Waals surface area contributed by atoms with Crippen molar-refractivity contribution in [2.45, 2.75) is 19.4 Å². The fourth-order valence-electron chi connectivity index (χ4n) is 2.65. The molecule has 0 spiro atoms. The third-order valence-corrected chi connectivity index (χ3v) is 3.82. The molecule has 3 nitrogen and oxygen atoms in total. The standard InChI is InChI=1S/C18H19N3/c1-2-13-5-3-6-15(11-13)18(21-19)16-8-9-17-14(12-16)7-4-10-20-17/h3-12,18,21H,2,19H2,1H3. The molecule has 3 heteroatoms. The molecule has 0 saturated heterocycles. The van der Waals surface area contributed by atoms with Crippen LogP contribution in [0.3, 0.4) is 0 Å². The molecule has 0 bridgehead atoms. The lowest BCUT2D eigenvalue weighted by Crippen LogP contribution is -2.28. The first-order valence-corrected chi connectivity index (χ1v) is 7.21. The second-order valence-corrected chi connectivity index (χ2v) is 5.15. The predicted molar refractivity (Wildman–Crippen MR) is 86.7 cm³/mol. The van der Waals surface area contributed by atoms with E-state index in [1.165, 1.54) is 11.1 Å². The Bertz CT molecular complexity index is 752. The number of rotatable bonds is 4. The van der Waals surface area contributed by atoms with Crippen molar-refractivity contribution in [3.8, 4) is 0 Å². The lowest BCUT2D eigenvalue weighted by molar-refractivity contribution is 0.637. The van der Waals surface area contributed by atoms with Crippen LogP contribution in [0, 0.1) is 0 Å². The van der Waals surface area contributed by atoms with Crippen LogP contribution in [0.15, 0.2) is 60.8 Å². The fraction of sp³-hybridized carbons (Fsp3) is 0.167. The first-order valence-electron chi connectivity index (χ1n) is 7.21. The van der Waals surface area contributed by atoms with Crippen molar-refractivity contribution >= 4 is 10.9 Å². The van der Waals surface area contributed by atoms with Crippen molar-refractivity contribution in [2.75, 3.05) is 0 Å². The number of aryl methyl sites for hydroxylation is 1. The lowest BCUT2D eigenvalue weighted by Gasteiger charge is -2.18.